The Morgan fingerprint density at radius 1 is 1.09 bits per heavy atom. The number of carboxylic acid groups (broad SMARTS) is 1. The Bertz CT molecular complexity index is 1110. The van der Waals surface area contributed by atoms with Crippen molar-refractivity contribution in [3.8, 4) is 11.3 Å². The first kappa shape index (κ1) is 20.4. The Balaban J connectivity index is 1.28. The quantitative estimate of drug-likeness (QED) is 0.636. The first-order valence-corrected chi connectivity index (χ1v) is 10.9. The van der Waals surface area contributed by atoms with Gasteiger partial charge in [0.25, 0.3) is 0 Å². The molecule has 0 saturated carbocycles. The molecule has 1 fully saturated rings. The topological polar surface area (TPSA) is 100 Å². The van der Waals surface area contributed by atoms with Gasteiger partial charge < -0.3 is 20.1 Å². The van der Waals surface area contributed by atoms with Crippen LogP contribution in [-0.4, -0.2) is 58.4 Å². The van der Waals surface area contributed by atoms with Gasteiger partial charge >= 0.3 is 5.97 Å². The van der Waals surface area contributed by atoms with E-state index in [1.165, 1.54) is 5.56 Å². The highest BCUT2D eigenvalue weighted by Gasteiger charge is 2.21. The fourth-order valence-corrected chi connectivity index (χ4v) is 4.30. The van der Waals surface area contributed by atoms with E-state index in [0.29, 0.717) is 11.5 Å². The van der Waals surface area contributed by atoms with Crippen LogP contribution in [0.25, 0.3) is 11.3 Å². The van der Waals surface area contributed by atoms with E-state index in [2.05, 4.69) is 20.2 Å². The third-order valence-electron chi connectivity index (χ3n) is 6.05. The van der Waals surface area contributed by atoms with Crippen molar-refractivity contribution in [2.24, 2.45) is 0 Å². The van der Waals surface area contributed by atoms with Crippen molar-refractivity contribution in [3.05, 3.63) is 65.5 Å². The Labute approximate surface area is 186 Å². The number of carbonyl (C=O) groups is 1. The normalized spacial score (nSPS) is 18.1. The summed E-state index contributed by atoms with van der Waals surface area (Å²) in [4.78, 5) is 27.2. The first-order valence-electron chi connectivity index (χ1n) is 10.9. The van der Waals surface area contributed by atoms with E-state index in [1.54, 1.807) is 18.3 Å². The number of nitrogens with zero attached hydrogens (tertiary/aromatic N) is 4. The number of anilines is 2. The van der Waals surface area contributed by atoms with Gasteiger partial charge in [-0.2, -0.15) is 0 Å². The number of pyridine rings is 1. The van der Waals surface area contributed by atoms with Crippen LogP contribution in [-0.2, 0) is 17.6 Å². The van der Waals surface area contributed by atoms with E-state index in [0.717, 1.165) is 68.2 Å². The molecule has 3 aromatic rings. The molecule has 0 amide bonds. The van der Waals surface area contributed by atoms with E-state index < -0.39 is 5.97 Å². The molecule has 1 saturated heterocycles. The third-order valence-corrected chi connectivity index (χ3v) is 6.05. The second kappa shape index (κ2) is 8.92. The fraction of sp³-hybridized carbons (Fsp3) is 0.333. The van der Waals surface area contributed by atoms with Crippen LogP contribution >= 0.6 is 0 Å². The van der Waals surface area contributed by atoms with E-state index in [1.807, 2.05) is 30.5 Å². The predicted molar refractivity (Wildman–Crippen MR) is 121 cm³/mol. The molecular formula is C24H25N5O3. The zero-order chi connectivity index (χ0) is 21.9. The molecule has 0 bridgehead atoms. The highest BCUT2D eigenvalue weighted by Crippen LogP contribution is 2.25. The Kier molecular flexibility index (Phi) is 5.68. The van der Waals surface area contributed by atoms with Crippen molar-refractivity contribution >= 4 is 17.7 Å². The van der Waals surface area contributed by atoms with Crippen LogP contribution < -0.4 is 10.2 Å². The van der Waals surface area contributed by atoms with Crippen LogP contribution in [0.4, 0.5) is 11.8 Å². The zero-order valence-electron chi connectivity index (χ0n) is 17.7. The van der Waals surface area contributed by atoms with Gasteiger partial charge in [-0.05, 0) is 60.7 Å². The number of nitrogens with one attached hydrogen (secondary N) is 1. The average Bonchev–Trinajstić information content (AvgIpc) is 2.84. The number of hydrogen-bond donors (Lipinski definition) is 2. The summed E-state index contributed by atoms with van der Waals surface area (Å²) >= 11 is 0. The molecule has 1 unspecified atom stereocenters. The summed E-state index contributed by atoms with van der Waals surface area (Å²) in [6, 6.07) is 11.5. The molecule has 5 rings (SSSR count). The molecule has 164 valence electrons. The van der Waals surface area contributed by atoms with Crippen molar-refractivity contribution in [1.82, 2.24) is 15.0 Å². The minimum Gasteiger partial charge on any atom is -0.478 e. The molecule has 8 heteroatoms. The van der Waals surface area contributed by atoms with E-state index in [4.69, 9.17) is 9.72 Å². The number of benzene rings is 1. The molecule has 2 aromatic heterocycles. The molecule has 1 atom stereocenters. The summed E-state index contributed by atoms with van der Waals surface area (Å²) in [7, 11) is 0. The van der Waals surface area contributed by atoms with Crippen molar-refractivity contribution in [3.63, 3.8) is 0 Å². The van der Waals surface area contributed by atoms with Crippen molar-refractivity contribution in [2.75, 3.05) is 36.5 Å². The lowest BCUT2D eigenvalue weighted by atomic mass is 9.87. The lowest BCUT2D eigenvalue weighted by Gasteiger charge is -2.27. The number of carboxylic acids is 1. The average molecular weight is 431 g/mol. The van der Waals surface area contributed by atoms with Crippen molar-refractivity contribution < 1.29 is 14.6 Å². The number of ether oxygens (including phenoxy) is 1. The molecule has 1 aliphatic heterocycles. The first-order chi connectivity index (χ1) is 15.7. The summed E-state index contributed by atoms with van der Waals surface area (Å²) in [5, 5.41) is 12.7. The van der Waals surface area contributed by atoms with Gasteiger partial charge in [-0.3, -0.25) is 0 Å². The molecule has 32 heavy (non-hydrogen) atoms. The van der Waals surface area contributed by atoms with Crippen molar-refractivity contribution in [2.45, 2.75) is 25.3 Å². The van der Waals surface area contributed by atoms with Gasteiger partial charge in [0.2, 0.25) is 5.95 Å². The van der Waals surface area contributed by atoms with Crippen LogP contribution in [0.5, 0.6) is 0 Å². The van der Waals surface area contributed by atoms with Gasteiger partial charge in [0.15, 0.2) is 0 Å². The smallest absolute Gasteiger partial charge is 0.335 e. The molecule has 1 aliphatic carbocycles. The zero-order valence-corrected chi connectivity index (χ0v) is 17.7. The summed E-state index contributed by atoms with van der Waals surface area (Å²) in [5.41, 5.74) is 4.37. The lowest BCUT2D eigenvalue weighted by molar-refractivity contribution is 0.0696. The van der Waals surface area contributed by atoms with Gasteiger partial charge in [-0.15, -0.1) is 0 Å². The van der Waals surface area contributed by atoms with E-state index >= 15 is 0 Å². The van der Waals surface area contributed by atoms with Crippen LogP contribution in [0.15, 0.2) is 48.8 Å². The van der Waals surface area contributed by atoms with Gasteiger partial charge in [-0.25, -0.2) is 19.7 Å². The molecule has 0 radical (unpaired) electrons. The maximum Gasteiger partial charge on any atom is 0.335 e. The number of fused-ring (bicyclic) bond motifs is 1. The standard InChI is InChI=1S/C24H25N5O3/c30-23(31)17-2-1-16-3-5-20(14-19(16)13-17)27-24-25-8-7-21(28-24)18-4-6-22(26-15-18)29-9-11-32-12-10-29/h1-2,4,6-8,13,15,20H,3,5,9-12,14H2,(H,30,31)(H,25,27,28). The van der Waals surface area contributed by atoms with Crippen LogP contribution in [0.3, 0.4) is 0 Å². The number of aromatic carboxylic acids is 1. The van der Waals surface area contributed by atoms with E-state index in [-0.39, 0.29) is 6.04 Å². The SMILES string of the molecule is O=C(O)c1ccc2c(c1)CC(Nc1nccc(-c3ccc(N4CCOCC4)nc3)n1)CC2. The Morgan fingerprint density at radius 2 is 1.97 bits per heavy atom. The van der Waals surface area contributed by atoms with Gasteiger partial charge in [0.05, 0.1) is 24.5 Å². The van der Waals surface area contributed by atoms with Crippen LogP contribution in [0.1, 0.15) is 27.9 Å². The summed E-state index contributed by atoms with van der Waals surface area (Å²) < 4.78 is 5.41. The molecule has 1 aromatic carbocycles. The molecule has 0 spiro atoms. The largest absolute Gasteiger partial charge is 0.478 e. The lowest BCUT2D eigenvalue weighted by Crippen LogP contribution is -2.36. The summed E-state index contributed by atoms with van der Waals surface area (Å²) in [6.45, 7) is 3.17. The number of rotatable bonds is 5. The highest BCUT2D eigenvalue weighted by atomic mass is 16.5. The highest BCUT2D eigenvalue weighted by molar-refractivity contribution is 5.88. The number of hydrogen-bond acceptors (Lipinski definition) is 7. The Hall–Kier alpha value is -3.52. The van der Waals surface area contributed by atoms with Gasteiger partial charge in [0.1, 0.15) is 5.82 Å². The number of aromatic nitrogens is 3. The third kappa shape index (κ3) is 4.40. The monoisotopic (exact) mass is 431 g/mol. The van der Waals surface area contributed by atoms with Crippen molar-refractivity contribution in [1.29, 1.82) is 0 Å². The molecule has 2 N–H and O–H groups in total. The molecule has 2 aliphatic rings. The summed E-state index contributed by atoms with van der Waals surface area (Å²) in [6.07, 6.45) is 6.20. The van der Waals surface area contributed by atoms with E-state index in [9.17, 15) is 9.90 Å². The summed E-state index contributed by atoms with van der Waals surface area (Å²) in [5.74, 6) is 0.626. The second-order valence-corrected chi connectivity index (χ2v) is 8.14. The number of aryl methyl sites for hydroxylation is 1. The van der Waals surface area contributed by atoms with Crippen LogP contribution in [0.2, 0.25) is 0 Å². The van der Waals surface area contributed by atoms with Gasteiger partial charge in [0, 0.05) is 37.1 Å². The molecular weight excluding hydrogens is 406 g/mol. The van der Waals surface area contributed by atoms with Crippen LogP contribution in [0, 0.1) is 0 Å². The minimum absolute atomic E-state index is 0.156. The second-order valence-electron chi connectivity index (χ2n) is 8.14. The molecule has 3 heterocycles. The minimum atomic E-state index is -0.896. The Morgan fingerprint density at radius 3 is 2.75 bits per heavy atom. The molecule has 8 nitrogen and oxygen atoms in total. The fourth-order valence-electron chi connectivity index (χ4n) is 4.30. The predicted octanol–water partition coefficient (Wildman–Crippen LogP) is 3.04. The maximum absolute atomic E-state index is 11.3. The van der Waals surface area contributed by atoms with Gasteiger partial charge in [-0.1, -0.05) is 6.07 Å². The number of morpholine rings is 1. The maximum atomic E-state index is 11.3.